The fourth-order valence-electron chi connectivity index (χ4n) is 1.58. The van der Waals surface area contributed by atoms with E-state index in [1.807, 2.05) is 0 Å². The number of aromatic nitrogens is 3. The topological polar surface area (TPSA) is 56.7 Å². The third-order valence-electron chi connectivity index (χ3n) is 2.71. The van der Waals surface area contributed by atoms with Gasteiger partial charge in [0.05, 0.1) is 5.56 Å². The fourth-order valence-corrected chi connectivity index (χ4v) is 1.58. The molecule has 2 aromatic rings. The molecule has 0 unspecified atom stereocenters. The fraction of sp³-hybridized carbons (Fsp3) is 0.273. The van der Waals surface area contributed by atoms with Crippen molar-refractivity contribution >= 4 is 5.69 Å². The Hall–Kier alpha value is -2.05. The Morgan fingerprint density at radius 2 is 1.89 bits per heavy atom. The van der Waals surface area contributed by atoms with Gasteiger partial charge in [-0.1, -0.05) is 0 Å². The minimum atomic E-state index is -4.40. The van der Waals surface area contributed by atoms with Crippen LogP contribution >= 0.6 is 0 Å². The summed E-state index contributed by atoms with van der Waals surface area (Å²) in [6.45, 7) is 1.75. The van der Waals surface area contributed by atoms with E-state index in [2.05, 4.69) is 10.2 Å². The number of benzene rings is 1. The van der Waals surface area contributed by atoms with Gasteiger partial charge in [0.1, 0.15) is 5.82 Å². The van der Waals surface area contributed by atoms with Gasteiger partial charge < -0.3 is 10.3 Å². The Kier molecular flexibility index (Phi) is 2.76. The molecule has 0 aliphatic rings. The second-order valence-corrected chi connectivity index (χ2v) is 3.93. The van der Waals surface area contributed by atoms with Gasteiger partial charge in [-0.2, -0.15) is 13.2 Å². The zero-order valence-corrected chi connectivity index (χ0v) is 9.78. The summed E-state index contributed by atoms with van der Waals surface area (Å²) in [7, 11) is 1.72. The molecule has 18 heavy (non-hydrogen) atoms. The summed E-state index contributed by atoms with van der Waals surface area (Å²) >= 11 is 0. The maximum Gasteiger partial charge on any atom is 0.416 e. The number of hydrogen-bond donors (Lipinski definition) is 1. The number of alkyl halides is 3. The summed E-state index contributed by atoms with van der Waals surface area (Å²) in [5.74, 6) is 1.10. The zero-order chi connectivity index (χ0) is 13.5. The molecule has 0 saturated heterocycles. The standard InChI is InChI=1S/C11H11F3N4/c1-6-16-17-10(18(6)2)8-4-3-7(5-9(8)15)11(12,13)14/h3-5H,15H2,1-2H3. The second-order valence-electron chi connectivity index (χ2n) is 3.93. The normalized spacial score (nSPS) is 11.8. The van der Waals surface area contributed by atoms with Crippen LogP contribution in [0.25, 0.3) is 11.4 Å². The lowest BCUT2D eigenvalue weighted by molar-refractivity contribution is -0.137. The molecule has 0 radical (unpaired) electrons. The van der Waals surface area contributed by atoms with Crippen molar-refractivity contribution in [3.63, 3.8) is 0 Å². The summed E-state index contributed by atoms with van der Waals surface area (Å²) in [6, 6.07) is 3.19. The molecule has 0 amide bonds. The van der Waals surface area contributed by atoms with Crippen LogP contribution in [-0.2, 0) is 13.2 Å². The Labute approximate surface area is 101 Å². The van der Waals surface area contributed by atoms with Crippen LogP contribution in [0.15, 0.2) is 18.2 Å². The predicted octanol–water partition coefficient (Wildman–Crippen LogP) is 2.39. The molecule has 0 saturated carbocycles. The quantitative estimate of drug-likeness (QED) is 0.797. The number of halogens is 3. The van der Waals surface area contributed by atoms with E-state index >= 15 is 0 Å². The largest absolute Gasteiger partial charge is 0.416 e. The average molecular weight is 256 g/mol. The first-order valence-electron chi connectivity index (χ1n) is 5.14. The first-order chi connectivity index (χ1) is 8.30. The van der Waals surface area contributed by atoms with Crippen LogP contribution in [0.2, 0.25) is 0 Å². The SMILES string of the molecule is Cc1nnc(-c2ccc(C(F)(F)F)cc2N)n1C. The number of rotatable bonds is 1. The molecule has 0 atom stereocenters. The number of anilines is 1. The van der Waals surface area contributed by atoms with Crippen molar-refractivity contribution in [2.45, 2.75) is 13.1 Å². The van der Waals surface area contributed by atoms with E-state index in [0.717, 1.165) is 12.1 Å². The molecule has 96 valence electrons. The van der Waals surface area contributed by atoms with Gasteiger partial charge in [-0.05, 0) is 25.1 Å². The first kappa shape index (κ1) is 12.4. The number of nitrogens with zero attached hydrogens (tertiary/aromatic N) is 3. The minimum absolute atomic E-state index is 0.0281. The first-order valence-corrected chi connectivity index (χ1v) is 5.14. The van der Waals surface area contributed by atoms with Crippen molar-refractivity contribution in [1.29, 1.82) is 0 Å². The van der Waals surface area contributed by atoms with Gasteiger partial charge in [0.2, 0.25) is 0 Å². The molecule has 0 fully saturated rings. The van der Waals surface area contributed by atoms with Crippen molar-refractivity contribution < 1.29 is 13.2 Å². The maximum absolute atomic E-state index is 12.5. The van der Waals surface area contributed by atoms with Crippen molar-refractivity contribution in [1.82, 2.24) is 14.8 Å². The van der Waals surface area contributed by atoms with Gasteiger partial charge >= 0.3 is 6.18 Å². The summed E-state index contributed by atoms with van der Waals surface area (Å²) in [4.78, 5) is 0. The van der Waals surface area contributed by atoms with Gasteiger partial charge in [0.25, 0.3) is 0 Å². The van der Waals surface area contributed by atoms with Gasteiger partial charge in [0.15, 0.2) is 5.82 Å². The molecular formula is C11H11F3N4. The summed E-state index contributed by atoms with van der Waals surface area (Å²) in [5.41, 5.74) is 5.34. The minimum Gasteiger partial charge on any atom is -0.398 e. The monoisotopic (exact) mass is 256 g/mol. The van der Waals surface area contributed by atoms with E-state index < -0.39 is 11.7 Å². The van der Waals surface area contributed by atoms with Crippen LogP contribution < -0.4 is 5.73 Å². The van der Waals surface area contributed by atoms with Crippen molar-refractivity contribution in [2.24, 2.45) is 7.05 Å². The molecule has 7 heteroatoms. The van der Waals surface area contributed by atoms with E-state index in [-0.39, 0.29) is 5.69 Å². The van der Waals surface area contributed by atoms with Gasteiger partial charge in [-0.3, -0.25) is 0 Å². The van der Waals surface area contributed by atoms with Crippen LogP contribution in [-0.4, -0.2) is 14.8 Å². The van der Waals surface area contributed by atoms with E-state index in [4.69, 9.17) is 5.73 Å². The van der Waals surface area contributed by atoms with Crippen molar-refractivity contribution in [3.8, 4) is 11.4 Å². The third kappa shape index (κ3) is 2.03. The molecule has 0 aliphatic heterocycles. The van der Waals surface area contributed by atoms with E-state index in [9.17, 15) is 13.2 Å². The van der Waals surface area contributed by atoms with Gasteiger partial charge in [-0.15, -0.1) is 10.2 Å². The highest BCUT2D eigenvalue weighted by Crippen LogP contribution is 2.33. The molecule has 1 aromatic heterocycles. The number of nitrogens with two attached hydrogens (primary N) is 1. The lowest BCUT2D eigenvalue weighted by Gasteiger charge is -2.10. The Balaban J connectivity index is 2.52. The number of nitrogen functional groups attached to an aromatic ring is 1. The molecule has 0 aliphatic carbocycles. The van der Waals surface area contributed by atoms with Crippen LogP contribution in [0, 0.1) is 6.92 Å². The molecule has 1 aromatic carbocycles. The lowest BCUT2D eigenvalue weighted by atomic mass is 10.1. The zero-order valence-electron chi connectivity index (χ0n) is 9.78. The highest BCUT2D eigenvalue weighted by atomic mass is 19.4. The van der Waals surface area contributed by atoms with Crippen LogP contribution in [0.1, 0.15) is 11.4 Å². The number of hydrogen-bond acceptors (Lipinski definition) is 3. The van der Waals surface area contributed by atoms with Crippen molar-refractivity contribution in [3.05, 3.63) is 29.6 Å². The Bertz CT molecular complexity index is 586. The molecule has 1 heterocycles. The maximum atomic E-state index is 12.5. The Morgan fingerprint density at radius 1 is 1.22 bits per heavy atom. The molecular weight excluding hydrogens is 245 g/mol. The summed E-state index contributed by atoms with van der Waals surface area (Å²) < 4.78 is 39.2. The van der Waals surface area contributed by atoms with Crippen LogP contribution in [0.3, 0.4) is 0 Å². The third-order valence-corrected chi connectivity index (χ3v) is 2.71. The second kappa shape index (κ2) is 4.01. The highest BCUT2D eigenvalue weighted by molar-refractivity contribution is 5.72. The lowest BCUT2D eigenvalue weighted by Crippen LogP contribution is -2.06. The smallest absolute Gasteiger partial charge is 0.398 e. The summed E-state index contributed by atoms with van der Waals surface area (Å²) in [5, 5.41) is 7.73. The molecule has 2 N–H and O–H groups in total. The van der Waals surface area contributed by atoms with E-state index in [1.54, 1.807) is 18.5 Å². The van der Waals surface area contributed by atoms with Gasteiger partial charge in [-0.25, -0.2) is 0 Å². The molecule has 0 bridgehead atoms. The van der Waals surface area contributed by atoms with E-state index in [0.29, 0.717) is 17.2 Å². The Morgan fingerprint density at radius 3 is 2.33 bits per heavy atom. The average Bonchev–Trinajstić information content (AvgIpc) is 2.59. The van der Waals surface area contributed by atoms with E-state index in [1.165, 1.54) is 6.07 Å². The van der Waals surface area contributed by atoms with Gasteiger partial charge in [0, 0.05) is 18.3 Å². The van der Waals surface area contributed by atoms with Crippen LogP contribution in [0.4, 0.5) is 18.9 Å². The molecule has 0 spiro atoms. The van der Waals surface area contributed by atoms with Crippen molar-refractivity contribution in [2.75, 3.05) is 5.73 Å². The summed E-state index contributed by atoms with van der Waals surface area (Å²) in [6.07, 6.45) is -4.40. The molecule has 4 nitrogen and oxygen atoms in total. The highest BCUT2D eigenvalue weighted by Gasteiger charge is 2.31. The predicted molar refractivity (Wildman–Crippen MR) is 60.6 cm³/mol. The molecule has 2 rings (SSSR count). The number of aryl methyl sites for hydroxylation is 1. The van der Waals surface area contributed by atoms with Crippen LogP contribution in [0.5, 0.6) is 0 Å².